The van der Waals surface area contributed by atoms with Gasteiger partial charge in [-0.25, -0.2) is 0 Å². The molecule has 0 saturated carbocycles. The molecule has 110 valence electrons. The summed E-state index contributed by atoms with van der Waals surface area (Å²) in [6.45, 7) is 2.51. The second-order valence-electron chi connectivity index (χ2n) is 5.55. The van der Waals surface area contributed by atoms with E-state index >= 15 is 0 Å². The van der Waals surface area contributed by atoms with Gasteiger partial charge < -0.3 is 10.6 Å². The van der Waals surface area contributed by atoms with Crippen molar-refractivity contribution in [2.75, 3.05) is 18.8 Å². The Bertz CT molecular complexity index is 600. The van der Waals surface area contributed by atoms with Crippen molar-refractivity contribution in [1.82, 2.24) is 14.7 Å². The average Bonchev–Trinajstić information content (AvgIpc) is 3.01. The molecule has 2 N–H and O–H groups in total. The van der Waals surface area contributed by atoms with Gasteiger partial charge in [-0.05, 0) is 37.0 Å². The summed E-state index contributed by atoms with van der Waals surface area (Å²) in [4.78, 5) is 14.4. The summed E-state index contributed by atoms with van der Waals surface area (Å²) in [6, 6.07) is 9.22. The van der Waals surface area contributed by atoms with Crippen molar-refractivity contribution in [3.8, 4) is 0 Å². The number of amides is 1. The van der Waals surface area contributed by atoms with Crippen LogP contribution in [0.1, 0.15) is 23.2 Å². The monoisotopic (exact) mass is 284 g/mol. The SMILES string of the molecule is Nc1ccccc1C(=O)N1CCC(Cn2cccn2)CC1. The summed E-state index contributed by atoms with van der Waals surface area (Å²) in [6.07, 6.45) is 5.82. The molecule has 0 spiro atoms. The third-order valence-electron chi connectivity index (χ3n) is 4.10. The van der Waals surface area contributed by atoms with E-state index in [0.29, 0.717) is 17.2 Å². The fourth-order valence-corrected chi connectivity index (χ4v) is 2.85. The summed E-state index contributed by atoms with van der Waals surface area (Å²) in [5.41, 5.74) is 7.06. The molecule has 2 heterocycles. The molecule has 1 amide bonds. The van der Waals surface area contributed by atoms with Gasteiger partial charge in [0.15, 0.2) is 0 Å². The molecule has 5 nitrogen and oxygen atoms in total. The molecule has 1 fully saturated rings. The van der Waals surface area contributed by atoms with Crippen LogP contribution in [0.4, 0.5) is 5.69 Å². The van der Waals surface area contributed by atoms with Gasteiger partial charge in [-0.1, -0.05) is 12.1 Å². The number of hydrogen-bond acceptors (Lipinski definition) is 3. The van der Waals surface area contributed by atoms with Crippen LogP contribution < -0.4 is 5.73 Å². The van der Waals surface area contributed by atoms with E-state index in [1.807, 2.05) is 34.0 Å². The Labute approximate surface area is 124 Å². The lowest BCUT2D eigenvalue weighted by Crippen LogP contribution is -2.39. The Kier molecular flexibility index (Phi) is 3.90. The zero-order valence-corrected chi connectivity index (χ0v) is 12.0. The molecule has 0 unspecified atom stereocenters. The molecule has 0 aliphatic carbocycles. The van der Waals surface area contributed by atoms with Crippen LogP contribution in [0.25, 0.3) is 0 Å². The predicted molar refractivity (Wildman–Crippen MR) is 81.7 cm³/mol. The minimum Gasteiger partial charge on any atom is -0.398 e. The number of carbonyl (C=O) groups is 1. The first kappa shape index (κ1) is 13.7. The fraction of sp³-hybridized carbons (Fsp3) is 0.375. The molecule has 1 aliphatic heterocycles. The number of aromatic nitrogens is 2. The van der Waals surface area contributed by atoms with Crippen LogP contribution in [0.15, 0.2) is 42.7 Å². The molecule has 2 aromatic rings. The summed E-state index contributed by atoms with van der Waals surface area (Å²) in [5, 5.41) is 4.24. The van der Waals surface area contributed by atoms with Crippen LogP contribution in [-0.4, -0.2) is 33.7 Å². The zero-order chi connectivity index (χ0) is 14.7. The quantitative estimate of drug-likeness (QED) is 0.877. The first-order chi connectivity index (χ1) is 10.2. The lowest BCUT2D eigenvalue weighted by molar-refractivity contribution is 0.0682. The summed E-state index contributed by atoms with van der Waals surface area (Å²) < 4.78 is 1.97. The van der Waals surface area contributed by atoms with E-state index in [0.717, 1.165) is 32.5 Å². The first-order valence-corrected chi connectivity index (χ1v) is 7.35. The normalized spacial score (nSPS) is 16.1. The number of nitrogens with zero attached hydrogens (tertiary/aromatic N) is 3. The van der Waals surface area contributed by atoms with E-state index in [4.69, 9.17) is 5.73 Å². The number of piperidine rings is 1. The smallest absolute Gasteiger partial charge is 0.255 e. The number of nitrogens with two attached hydrogens (primary N) is 1. The van der Waals surface area contributed by atoms with Crippen molar-refractivity contribution < 1.29 is 4.79 Å². The van der Waals surface area contributed by atoms with Crippen molar-refractivity contribution in [3.63, 3.8) is 0 Å². The number of para-hydroxylation sites is 1. The van der Waals surface area contributed by atoms with Gasteiger partial charge in [-0.3, -0.25) is 9.48 Å². The van der Waals surface area contributed by atoms with Crippen LogP contribution in [-0.2, 0) is 6.54 Å². The minimum atomic E-state index is 0.0469. The number of nitrogen functional groups attached to an aromatic ring is 1. The molecule has 1 saturated heterocycles. The second kappa shape index (κ2) is 5.99. The molecular weight excluding hydrogens is 264 g/mol. The van der Waals surface area contributed by atoms with Gasteiger partial charge in [0.2, 0.25) is 0 Å². The number of likely N-dealkylation sites (tertiary alicyclic amines) is 1. The highest BCUT2D eigenvalue weighted by Gasteiger charge is 2.24. The van der Waals surface area contributed by atoms with Gasteiger partial charge in [-0.15, -0.1) is 0 Å². The summed E-state index contributed by atoms with van der Waals surface area (Å²) in [5.74, 6) is 0.632. The Morgan fingerprint density at radius 1 is 1.24 bits per heavy atom. The van der Waals surface area contributed by atoms with Crippen LogP contribution in [0.5, 0.6) is 0 Å². The first-order valence-electron chi connectivity index (χ1n) is 7.35. The maximum Gasteiger partial charge on any atom is 0.255 e. The lowest BCUT2D eigenvalue weighted by Gasteiger charge is -2.32. The summed E-state index contributed by atoms with van der Waals surface area (Å²) in [7, 11) is 0. The van der Waals surface area contributed by atoms with Crippen molar-refractivity contribution >= 4 is 11.6 Å². The van der Waals surface area contributed by atoms with E-state index in [1.165, 1.54) is 0 Å². The van der Waals surface area contributed by atoms with E-state index in [-0.39, 0.29) is 5.91 Å². The number of rotatable bonds is 3. The van der Waals surface area contributed by atoms with Gasteiger partial charge >= 0.3 is 0 Å². The van der Waals surface area contributed by atoms with Crippen molar-refractivity contribution in [2.45, 2.75) is 19.4 Å². The van der Waals surface area contributed by atoms with Crippen molar-refractivity contribution in [1.29, 1.82) is 0 Å². The Hall–Kier alpha value is -2.30. The maximum absolute atomic E-state index is 12.5. The van der Waals surface area contributed by atoms with Gasteiger partial charge in [0.25, 0.3) is 5.91 Å². The molecule has 1 aliphatic rings. The van der Waals surface area contributed by atoms with E-state index in [9.17, 15) is 4.79 Å². The van der Waals surface area contributed by atoms with Crippen LogP contribution >= 0.6 is 0 Å². The maximum atomic E-state index is 12.5. The van der Waals surface area contributed by atoms with Gasteiger partial charge in [0.05, 0.1) is 5.56 Å². The highest BCUT2D eigenvalue weighted by Crippen LogP contribution is 2.22. The van der Waals surface area contributed by atoms with E-state index in [1.54, 1.807) is 18.3 Å². The number of benzene rings is 1. The number of anilines is 1. The predicted octanol–water partition coefficient (Wildman–Crippen LogP) is 2.02. The van der Waals surface area contributed by atoms with E-state index in [2.05, 4.69) is 5.10 Å². The standard InChI is InChI=1S/C16H20N4O/c17-15-5-2-1-4-14(15)16(21)19-10-6-13(7-11-19)12-20-9-3-8-18-20/h1-5,8-9,13H,6-7,10-12,17H2. The molecule has 0 atom stereocenters. The van der Waals surface area contributed by atoms with Crippen molar-refractivity contribution in [2.24, 2.45) is 5.92 Å². The highest BCUT2D eigenvalue weighted by atomic mass is 16.2. The molecule has 0 bridgehead atoms. The third kappa shape index (κ3) is 3.07. The summed E-state index contributed by atoms with van der Waals surface area (Å²) >= 11 is 0. The second-order valence-corrected chi connectivity index (χ2v) is 5.55. The molecule has 1 aromatic carbocycles. The highest BCUT2D eigenvalue weighted by molar-refractivity contribution is 5.99. The fourth-order valence-electron chi connectivity index (χ4n) is 2.85. The Morgan fingerprint density at radius 2 is 2.00 bits per heavy atom. The largest absolute Gasteiger partial charge is 0.398 e. The van der Waals surface area contributed by atoms with Crippen LogP contribution in [0.2, 0.25) is 0 Å². The molecular formula is C16H20N4O. The Morgan fingerprint density at radius 3 is 2.67 bits per heavy atom. The van der Waals surface area contributed by atoms with Crippen LogP contribution in [0, 0.1) is 5.92 Å². The lowest BCUT2D eigenvalue weighted by atomic mass is 9.96. The molecule has 3 rings (SSSR count). The van der Waals surface area contributed by atoms with Gasteiger partial charge in [0.1, 0.15) is 0 Å². The van der Waals surface area contributed by atoms with Gasteiger partial charge in [0, 0.05) is 37.7 Å². The van der Waals surface area contributed by atoms with Crippen molar-refractivity contribution in [3.05, 3.63) is 48.3 Å². The Balaban J connectivity index is 1.58. The topological polar surface area (TPSA) is 64.2 Å². The van der Waals surface area contributed by atoms with E-state index < -0.39 is 0 Å². The number of carbonyl (C=O) groups excluding carboxylic acids is 1. The van der Waals surface area contributed by atoms with Gasteiger partial charge in [-0.2, -0.15) is 5.10 Å². The molecule has 21 heavy (non-hydrogen) atoms. The zero-order valence-electron chi connectivity index (χ0n) is 12.0. The molecule has 5 heteroatoms. The molecule has 1 aromatic heterocycles. The molecule has 0 radical (unpaired) electrons. The number of hydrogen-bond donors (Lipinski definition) is 1. The third-order valence-corrected chi connectivity index (χ3v) is 4.10. The minimum absolute atomic E-state index is 0.0469. The van der Waals surface area contributed by atoms with Crippen LogP contribution in [0.3, 0.4) is 0 Å². The average molecular weight is 284 g/mol.